The van der Waals surface area contributed by atoms with Crippen LogP contribution in [0.5, 0.6) is 5.75 Å². The Morgan fingerprint density at radius 3 is 2.81 bits per heavy atom. The van der Waals surface area contributed by atoms with E-state index in [0.717, 1.165) is 18.1 Å². The van der Waals surface area contributed by atoms with Crippen LogP contribution in [0.2, 0.25) is 0 Å². The van der Waals surface area contributed by atoms with Gasteiger partial charge in [0.25, 0.3) is 0 Å². The molecule has 0 radical (unpaired) electrons. The van der Waals surface area contributed by atoms with Crippen molar-refractivity contribution in [1.82, 2.24) is 0 Å². The Kier molecular flexibility index (Phi) is 2.40. The van der Waals surface area contributed by atoms with Gasteiger partial charge in [-0.2, -0.15) is 0 Å². The molecule has 0 amide bonds. The number of hydrogen-bond donors (Lipinski definition) is 1. The van der Waals surface area contributed by atoms with Crippen LogP contribution >= 0.6 is 0 Å². The minimum Gasteiger partial charge on any atom is -0.490 e. The van der Waals surface area contributed by atoms with Gasteiger partial charge >= 0.3 is 0 Å². The van der Waals surface area contributed by atoms with Gasteiger partial charge in [-0.05, 0) is 31.7 Å². The molecule has 1 fully saturated rings. The van der Waals surface area contributed by atoms with Crippen molar-refractivity contribution in [1.29, 1.82) is 0 Å². The van der Waals surface area contributed by atoms with Gasteiger partial charge in [0.05, 0.1) is 0 Å². The van der Waals surface area contributed by atoms with E-state index in [2.05, 4.69) is 25.1 Å². The van der Waals surface area contributed by atoms with E-state index in [9.17, 15) is 0 Å². The maximum atomic E-state index is 6.24. The van der Waals surface area contributed by atoms with E-state index in [1.165, 1.54) is 30.4 Å². The van der Waals surface area contributed by atoms with Crippen molar-refractivity contribution in [3.05, 3.63) is 29.3 Å². The van der Waals surface area contributed by atoms with Crippen LogP contribution in [0.3, 0.4) is 0 Å². The summed E-state index contributed by atoms with van der Waals surface area (Å²) < 4.78 is 6.08. The summed E-state index contributed by atoms with van der Waals surface area (Å²) in [6, 6.07) is 6.51. The predicted molar refractivity (Wildman–Crippen MR) is 64.5 cm³/mol. The number of hydrogen-bond acceptors (Lipinski definition) is 2. The second kappa shape index (κ2) is 3.77. The predicted octanol–water partition coefficient (Wildman–Crippen LogP) is 2.95. The first-order valence-corrected chi connectivity index (χ1v) is 6.27. The maximum absolute atomic E-state index is 6.24. The lowest BCUT2D eigenvalue weighted by Crippen LogP contribution is -2.38. The van der Waals surface area contributed by atoms with Crippen LogP contribution in [0.4, 0.5) is 0 Å². The highest BCUT2D eigenvalue weighted by Gasteiger charge is 2.34. The lowest BCUT2D eigenvalue weighted by molar-refractivity contribution is 0.0579. The van der Waals surface area contributed by atoms with Crippen molar-refractivity contribution >= 4 is 0 Å². The Morgan fingerprint density at radius 1 is 1.31 bits per heavy atom. The number of aryl methyl sites for hydroxylation is 1. The number of nitrogens with two attached hydrogens (primary N) is 1. The molecule has 86 valence electrons. The fraction of sp³-hybridized carbons (Fsp3) is 0.571. The van der Waals surface area contributed by atoms with Gasteiger partial charge in [-0.25, -0.2) is 0 Å². The Bertz CT molecular complexity index is 398. The van der Waals surface area contributed by atoms with Crippen molar-refractivity contribution in [2.75, 3.05) is 0 Å². The molecule has 2 atom stereocenters. The van der Waals surface area contributed by atoms with E-state index in [-0.39, 0.29) is 6.04 Å². The first-order chi connectivity index (χ1) is 7.74. The molecule has 1 aliphatic heterocycles. The van der Waals surface area contributed by atoms with Crippen molar-refractivity contribution < 1.29 is 4.74 Å². The highest BCUT2D eigenvalue weighted by molar-refractivity contribution is 5.40. The van der Waals surface area contributed by atoms with Gasteiger partial charge in [0.15, 0.2) is 0 Å². The summed E-state index contributed by atoms with van der Waals surface area (Å²) in [6.45, 7) is 2.10. The molecule has 3 rings (SSSR count). The molecule has 2 nitrogen and oxygen atoms in total. The molecule has 0 aromatic heterocycles. The van der Waals surface area contributed by atoms with Crippen LogP contribution in [0.25, 0.3) is 0 Å². The van der Waals surface area contributed by atoms with E-state index in [4.69, 9.17) is 10.5 Å². The molecule has 2 heteroatoms. The highest BCUT2D eigenvalue weighted by atomic mass is 16.5. The minimum absolute atomic E-state index is 0.161. The van der Waals surface area contributed by atoms with Gasteiger partial charge in [0, 0.05) is 18.0 Å². The number of fused-ring (bicyclic) bond motifs is 1. The molecule has 1 heterocycles. The topological polar surface area (TPSA) is 35.2 Å². The van der Waals surface area contributed by atoms with Gasteiger partial charge in [-0.15, -0.1) is 0 Å². The lowest BCUT2D eigenvalue weighted by Gasteiger charge is -2.39. The molecule has 0 spiro atoms. The van der Waals surface area contributed by atoms with Gasteiger partial charge in [0.1, 0.15) is 11.9 Å². The summed E-state index contributed by atoms with van der Waals surface area (Å²) >= 11 is 0. The second-order valence-corrected chi connectivity index (χ2v) is 5.23. The summed E-state index contributed by atoms with van der Waals surface area (Å²) in [4.78, 5) is 0. The molecule has 16 heavy (non-hydrogen) atoms. The molecular weight excluding hydrogens is 198 g/mol. The van der Waals surface area contributed by atoms with E-state index < -0.39 is 0 Å². The molecule has 1 aliphatic carbocycles. The Balaban J connectivity index is 1.87. The fourth-order valence-corrected chi connectivity index (χ4v) is 2.75. The zero-order valence-electron chi connectivity index (χ0n) is 9.78. The Hall–Kier alpha value is -1.02. The molecule has 0 saturated heterocycles. The molecule has 2 unspecified atom stereocenters. The van der Waals surface area contributed by atoms with Crippen molar-refractivity contribution in [3.8, 4) is 5.75 Å². The Morgan fingerprint density at radius 2 is 2.12 bits per heavy atom. The number of benzene rings is 1. The van der Waals surface area contributed by atoms with Crippen LogP contribution in [0, 0.1) is 12.8 Å². The van der Waals surface area contributed by atoms with Crippen molar-refractivity contribution in [3.63, 3.8) is 0 Å². The third-order valence-corrected chi connectivity index (χ3v) is 4.00. The molecule has 1 saturated carbocycles. The number of rotatable bonds is 1. The molecular formula is C14H19NO. The summed E-state index contributed by atoms with van der Waals surface area (Å²) in [5.74, 6) is 1.77. The van der Waals surface area contributed by atoms with E-state index >= 15 is 0 Å². The molecule has 2 N–H and O–H groups in total. The zero-order valence-corrected chi connectivity index (χ0v) is 9.78. The SMILES string of the molecule is Cc1ccc2c(c1)C(N)CC(C1CCC1)O2. The molecule has 1 aromatic rings. The smallest absolute Gasteiger partial charge is 0.124 e. The lowest BCUT2D eigenvalue weighted by atomic mass is 9.77. The van der Waals surface area contributed by atoms with Crippen LogP contribution in [-0.2, 0) is 0 Å². The second-order valence-electron chi connectivity index (χ2n) is 5.23. The van der Waals surface area contributed by atoms with Gasteiger partial charge in [-0.3, -0.25) is 0 Å². The summed E-state index contributed by atoms with van der Waals surface area (Å²) in [6.07, 6.45) is 5.35. The molecule has 1 aromatic carbocycles. The van der Waals surface area contributed by atoms with Crippen molar-refractivity contribution in [2.24, 2.45) is 11.7 Å². The third kappa shape index (κ3) is 1.61. The van der Waals surface area contributed by atoms with Gasteiger partial charge < -0.3 is 10.5 Å². The summed E-state index contributed by atoms with van der Waals surface area (Å²) in [5, 5.41) is 0. The molecule has 0 bridgehead atoms. The highest BCUT2D eigenvalue weighted by Crippen LogP contribution is 2.41. The number of ether oxygens (including phenoxy) is 1. The van der Waals surface area contributed by atoms with E-state index in [1.807, 2.05) is 0 Å². The minimum atomic E-state index is 0.161. The van der Waals surface area contributed by atoms with Crippen LogP contribution in [-0.4, -0.2) is 6.10 Å². The Labute approximate surface area is 96.8 Å². The van der Waals surface area contributed by atoms with E-state index in [0.29, 0.717) is 6.10 Å². The normalized spacial score (nSPS) is 29.1. The quantitative estimate of drug-likeness (QED) is 0.785. The summed E-state index contributed by atoms with van der Waals surface area (Å²) in [5.41, 5.74) is 8.70. The van der Waals surface area contributed by atoms with Crippen LogP contribution in [0.15, 0.2) is 18.2 Å². The van der Waals surface area contributed by atoms with Gasteiger partial charge in [-0.1, -0.05) is 24.1 Å². The maximum Gasteiger partial charge on any atom is 0.124 e. The van der Waals surface area contributed by atoms with Gasteiger partial charge in [0.2, 0.25) is 0 Å². The molecule has 2 aliphatic rings. The first kappa shape index (κ1) is 10.2. The first-order valence-electron chi connectivity index (χ1n) is 6.27. The summed E-state index contributed by atoms with van der Waals surface area (Å²) in [7, 11) is 0. The average molecular weight is 217 g/mol. The largest absolute Gasteiger partial charge is 0.490 e. The average Bonchev–Trinajstić information content (AvgIpc) is 2.17. The van der Waals surface area contributed by atoms with Crippen LogP contribution < -0.4 is 10.5 Å². The zero-order chi connectivity index (χ0) is 11.1. The van der Waals surface area contributed by atoms with Crippen molar-refractivity contribution in [2.45, 2.75) is 44.8 Å². The third-order valence-electron chi connectivity index (χ3n) is 4.00. The van der Waals surface area contributed by atoms with E-state index in [1.54, 1.807) is 0 Å². The van der Waals surface area contributed by atoms with Crippen LogP contribution in [0.1, 0.15) is 42.9 Å². The fourth-order valence-electron chi connectivity index (χ4n) is 2.75. The standard InChI is InChI=1S/C14H19NO/c1-9-5-6-13-11(7-9)12(15)8-14(16-13)10-3-2-4-10/h5-7,10,12,14H,2-4,8,15H2,1H3. The monoisotopic (exact) mass is 217 g/mol.